The van der Waals surface area contributed by atoms with Crippen LogP contribution in [0.3, 0.4) is 0 Å². The lowest BCUT2D eigenvalue weighted by Gasteiger charge is -2.26. The summed E-state index contributed by atoms with van der Waals surface area (Å²) in [5.41, 5.74) is 3.27. The summed E-state index contributed by atoms with van der Waals surface area (Å²) in [7, 11) is 4.16. The van der Waals surface area contributed by atoms with Gasteiger partial charge in [-0.15, -0.1) is 0 Å². The first-order valence-electron chi connectivity index (χ1n) is 6.99. The van der Waals surface area contributed by atoms with E-state index in [1.165, 1.54) is 11.1 Å². The van der Waals surface area contributed by atoms with E-state index in [0.29, 0.717) is 0 Å². The predicted octanol–water partition coefficient (Wildman–Crippen LogP) is 2.12. The zero-order valence-electron chi connectivity index (χ0n) is 12.4. The molecule has 0 N–H and O–H groups in total. The molecule has 0 radical (unpaired) electrons. The fourth-order valence-electron chi connectivity index (χ4n) is 2.64. The zero-order valence-corrected chi connectivity index (χ0v) is 12.4. The molecule has 1 heterocycles. The van der Waals surface area contributed by atoms with Gasteiger partial charge in [-0.25, -0.2) is 0 Å². The van der Waals surface area contributed by atoms with Crippen molar-refractivity contribution in [2.45, 2.75) is 26.3 Å². The fraction of sp³-hybridized carbons (Fsp3) is 0.562. The number of hydrogen-bond donors (Lipinski definition) is 0. The SMILES string of the molecule is Cc1ccc(C(=O)C2CN(C)CCCN2C)cc1C. The molecule has 0 spiro atoms. The highest BCUT2D eigenvalue weighted by molar-refractivity contribution is 6.00. The van der Waals surface area contributed by atoms with Crippen LogP contribution in [0.25, 0.3) is 0 Å². The Hall–Kier alpha value is -1.19. The molecular formula is C16H24N2O. The van der Waals surface area contributed by atoms with Gasteiger partial charge in [0.05, 0.1) is 6.04 Å². The molecule has 1 aliphatic heterocycles. The molecule has 3 heteroatoms. The van der Waals surface area contributed by atoms with E-state index in [1.54, 1.807) is 0 Å². The molecule has 0 aliphatic carbocycles. The van der Waals surface area contributed by atoms with E-state index in [-0.39, 0.29) is 11.8 Å². The number of rotatable bonds is 2. The predicted molar refractivity (Wildman–Crippen MR) is 78.8 cm³/mol. The van der Waals surface area contributed by atoms with Gasteiger partial charge in [0.15, 0.2) is 5.78 Å². The van der Waals surface area contributed by atoms with E-state index in [9.17, 15) is 4.79 Å². The van der Waals surface area contributed by atoms with Crippen LogP contribution in [0.1, 0.15) is 27.9 Å². The first-order chi connectivity index (χ1) is 8.99. The molecule has 1 saturated heterocycles. The Morgan fingerprint density at radius 2 is 1.89 bits per heavy atom. The molecular weight excluding hydrogens is 236 g/mol. The summed E-state index contributed by atoms with van der Waals surface area (Å²) in [5, 5.41) is 0. The van der Waals surface area contributed by atoms with E-state index in [2.05, 4.69) is 37.7 Å². The van der Waals surface area contributed by atoms with Gasteiger partial charge < -0.3 is 4.90 Å². The molecule has 0 amide bonds. The van der Waals surface area contributed by atoms with Crippen LogP contribution in [0.2, 0.25) is 0 Å². The third-order valence-electron chi connectivity index (χ3n) is 4.16. The monoisotopic (exact) mass is 260 g/mol. The summed E-state index contributed by atoms with van der Waals surface area (Å²) in [6.45, 7) is 7.03. The van der Waals surface area contributed by atoms with Crippen LogP contribution in [-0.2, 0) is 0 Å². The number of carbonyl (C=O) groups is 1. The van der Waals surface area contributed by atoms with Crippen molar-refractivity contribution in [2.24, 2.45) is 0 Å². The number of benzene rings is 1. The lowest BCUT2D eigenvalue weighted by Crippen LogP contribution is -2.43. The molecule has 0 saturated carbocycles. The smallest absolute Gasteiger partial charge is 0.181 e. The number of ketones is 1. The van der Waals surface area contributed by atoms with E-state index >= 15 is 0 Å². The third kappa shape index (κ3) is 3.23. The van der Waals surface area contributed by atoms with Gasteiger partial charge in [0.1, 0.15) is 0 Å². The second-order valence-electron chi connectivity index (χ2n) is 5.78. The van der Waals surface area contributed by atoms with Crippen LogP contribution >= 0.6 is 0 Å². The maximum Gasteiger partial charge on any atom is 0.181 e. The standard InChI is InChI=1S/C16H24N2O/c1-12-6-7-14(10-13(12)2)16(19)15-11-17(3)8-5-9-18(15)4/h6-7,10,15H,5,8-9,11H2,1-4H3. The maximum absolute atomic E-state index is 12.7. The van der Waals surface area contributed by atoms with Gasteiger partial charge in [-0.1, -0.05) is 12.1 Å². The zero-order chi connectivity index (χ0) is 14.0. The molecule has 0 bridgehead atoms. The summed E-state index contributed by atoms with van der Waals surface area (Å²) < 4.78 is 0. The highest BCUT2D eigenvalue weighted by atomic mass is 16.1. The Morgan fingerprint density at radius 3 is 2.58 bits per heavy atom. The average molecular weight is 260 g/mol. The number of nitrogens with zero attached hydrogens (tertiary/aromatic N) is 2. The summed E-state index contributed by atoms with van der Waals surface area (Å²) in [4.78, 5) is 17.2. The quantitative estimate of drug-likeness (QED) is 0.761. The largest absolute Gasteiger partial charge is 0.304 e. The van der Waals surface area contributed by atoms with E-state index in [1.807, 2.05) is 18.2 Å². The first-order valence-corrected chi connectivity index (χ1v) is 6.99. The van der Waals surface area contributed by atoms with Crippen molar-refractivity contribution >= 4 is 5.78 Å². The number of Topliss-reactive ketones (excluding diaryl/α,β-unsaturated/α-hetero) is 1. The minimum absolute atomic E-state index is 0.0189. The normalized spacial score (nSPS) is 22.2. The average Bonchev–Trinajstić information content (AvgIpc) is 2.54. The van der Waals surface area contributed by atoms with Crippen molar-refractivity contribution < 1.29 is 4.79 Å². The minimum Gasteiger partial charge on any atom is -0.304 e. The number of aryl methyl sites for hydroxylation is 2. The molecule has 2 rings (SSSR count). The minimum atomic E-state index is -0.0189. The highest BCUT2D eigenvalue weighted by Gasteiger charge is 2.27. The molecule has 1 aromatic rings. The first kappa shape index (κ1) is 14.2. The molecule has 19 heavy (non-hydrogen) atoms. The van der Waals surface area contributed by atoms with Crippen LogP contribution in [0.15, 0.2) is 18.2 Å². The highest BCUT2D eigenvalue weighted by Crippen LogP contribution is 2.16. The van der Waals surface area contributed by atoms with Gasteiger partial charge in [0.2, 0.25) is 0 Å². The molecule has 1 aromatic carbocycles. The summed E-state index contributed by atoms with van der Waals surface area (Å²) in [6, 6.07) is 6.01. The molecule has 1 unspecified atom stereocenters. The molecule has 1 atom stereocenters. The van der Waals surface area contributed by atoms with Crippen LogP contribution in [0, 0.1) is 13.8 Å². The van der Waals surface area contributed by atoms with Gasteiger partial charge >= 0.3 is 0 Å². The Kier molecular flexibility index (Phi) is 4.38. The molecule has 3 nitrogen and oxygen atoms in total. The van der Waals surface area contributed by atoms with Crippen molar-refractivity contribution in [3.8, 4) is 0 Å². The third-order valence-corrected chi connectivity index (χ3v) is 4.16. The summed E-state index contributed by atoms with van der Waals surface area (Å²) in [5.74, 6) is 0.249. The summed E-state index contributed by atoms with van der Waals surface area (Å²) >= 11 is 0. The van der Waals surface area contributed by atoms with E-state index < -0.39 is 0 Å². The van der Waals surface area contributed by atoms with Crippen LogP contribution in [0.4, 0.5) is 0 Å². The second-order valence-corrected chi connectivity index (χ2v) is 5.78. The van der Waals surface area contributed by atoms with Crippen LogP contribution < -0.4 is 0 Å². The Bertz CT molecular complexity index is 470. The Labute approximate surface area is 116 Å². The molecule has 104 valence electrons. The molecule has 0 aromatic heterocycles. The lowest BCUT2D eigenvalue weighted by molar-refractivity contribution is 0.0839. The topological polar surface area (TPSA) is 23.6 Å². The van der Waals surface area contributed by atoms with Gasteiger partial charge in [-0.3, -0.25) is 9.69 Å². The lowest BCUT2D eigenvalue weighted by atomic mass is 9.99. The van der Waals surface area contributed by atoms with Gasteiger partial charge in [-0.05, 0) is 64.6 Å². The fourth-order valence-corrected chi connectivity index (χ4v) is 2.64. The Morgan fingerprint density at radius 1 is 1.16 bits per heavy atom. The Balaban J connectivity index is 2.23. The summed E-state index contributed by atoms with van der Waals surface area (Å²) in [6.07, 6.45) is 1.13. The van der Waals surface area contributed by atoms with E-state index in [4.69, 9.17) is 0 Å². The molecule has 1 aliphatic rings. The van der Waals surface area contributed by atoms with Crippen molar-refractivity contribution in [3.63, 3.8) is 0 Å². The van der Waals surface area contributed by atoms with Crippen molar-refractivity contribution in [1.82, 2.24) is 9.80 Å². The molecule has 1 fully saturated rings. The van der Waals surface area contributed by atoms with Crippen LogP contribution in [-0.4, -0.2) is 55.4 Å². The maximum atomic E-state index is 12.7. The van der Waals surface area contributed by atoms with Crippen molar-refractivity contribution in [2.75, 3.05) is 33.7 Å². The number of likely N-dealkylation sites (N-methyl/N-ethyl adjacent to an activating group) is 2. The number of hydrogen-bond acceptors (Lipinski definition) is 3. The van der Waals surface area contributed by atoms with Gasteiger partial charge in [0, 0.05) is 12.1 Å². The van der Waals surface area contributed by atoms with E-state index in [0.717, 1.165) is 31.6 Å². The number of carbonyl (C=O) groups excluding carboxylic acids is 1. The van der Waals surface area contributed by atoms with Crippen LogP contribution in [0.5, 0.6) is 0 Å². The van der Waals surface area contributed by atoms with Gasteiger partial charge in [-0.2, -0.15) is 0 Å². The van der Waals surface area contributed by atoms with Crippen molar-refractivity contribution in [3.05, 3.63) is 34.9 Å². The second kappa shape index (κ2) is 5.85. The van der Waals surface area contributed by atoms with Gasteiger partial charge in [0.25, 0.3) is 0 Å². The van der Waals surface area contributed by atoms with Crippen molar-refractivity contribution in [1.29, 1.82) is 0 Å².